The standard InChI is InChI=1S/C12H20N2O3/c1-13-12(9-17-5-4-15-2)10-6-11(16-3)8-14-7-10/h6-8,12-13H,4-5,9H2,1-3H3. The topological polar surface area (TPSA) is 52.6 Å². The van der Waals surface area contributed by atoms with Crippen LogP contribution in [0.25, 0.3) is 0 Å². The Bertz CT molecular complexity index is 320. The van der Waals surface area contributed by atoms with E-state index in [1.54, 1.807) is 20.4 Å². The van der Waals surface area contributed by atoms with E-state index in [2.05, 4.69) is 10.3 Å². The Morgan fingerprint density at radius 1 is 1.29 bits per heavy atom. The van der Waals surface area contributed by atoms with Gasteiger partial charge in [0.2, 0.25) is 0 Å². The molecule has 5 nitrogen and oxygen atoms in total. The predicted octanol–water partition coefficient (Wildman–Crippen LogP) is 1.01. The summed E-state index contributed by atoms with van der Waals surface area (Å²) in [5.74, 6) is 0.750. The van der Waals surface area contributed by atoms with E-state index in [0.29, 0.717) is 19.8 Å². The number of pyridine rings is 1. The maximum absolute atomic E-state index is 5.50. The molecule has 0 spiro atoms. The third-order valence-electron chi connectivity index (χ3n) is 2.44. The van der Waals surface area contributed by atoms with E-state index in [0.717, 1.165) is 11.3 Å². The monoisotopic (exact) mass is 240 g/mol. The number of aromatic nitrogens is 1. The van der Waals surface area contributed by atoms with Gasteiger partial charge in [0.05, 0.1) is 39.2 Å². The molecule has 96 valence electrons. The van der Waals surface area contributed by atoms with Crippen molar-refractivity contribution in [2.45, 2.75) is 6.04 Å². The molecule has 0 aliphatic carbocycles. The summed E-state index contributed by atoms with van der Waals surface area (Å²) >= 11 is 0. The average molecular weight is 240 g/mol. The van der Waals surface area contributed by atoms with Crippen LogP contribution in [0.2, 0.25) is 0 Å². The number of hydrogen-bond acceptors (Lipinski definition) is 5. The summed E-state index contributed by atoms with van der Waals surface area (Å²) in [6.45, 7) is 1.77. The summed E-state index contributed by atoms with van der Waals surface area (Å²) in [4.78, 5) is 4.12. The minimum atomic E-state index is 0.106. The van der Waals surface area contributed by atoms with Crippen LogP contribution in [0.4, 0.5) is 0 Å². The first kappa shape index (κ1) is 13.9. The van der Waals surface area contributed by atoms with Gasteiger partial charge in [0, 0.05) is 13.3 Å². The van der Waals surface area contributed by atoms with Crippen LogP contribution >= 0.6 is 0 Å². The van der Waals surface area contributed by atoms with Gasteiger partial charge < -0.3 is 19.5 Å². The normalized spacial score (nSPS) is 12.4. The van der Waals surface area contributed by atoms with Gasteiger partial charge in [0.15, 0.2) is 0 Å². The van der Waals surface area contributed by atoms with Crippen molar-refractivity contribution in [2.75, 3.05) is 41.1 Å². The fourth-order valence-corrected chi connectivity index (χ4v) is 1.43. The van der Waals surface area contributed by atoms with Crippen LogP contribution in [0.1, 0.15) is 11.6 Å². The Kier molecular flexibility index (Phi) is 6.54. The average Bonchev–Trinajstić information content (AvgIpc) is 2.39. The summed E-state index contributed by atoms with van der Waals surface area (Å²) in [5, 5.41) is 3.19. The van der Waals surface area contributed by atoms with E-state index >= 15 is 0 Å². The van der Waals surface area contributed by atoms with Crippen molar-refractivity contribution in [3.63, 3.8) is 0 Å². The van der Waals surface area contributed by atoms with Crippen molar-refractivity contribution in [2.24, 2.45) is 0 Å². The molecule has 1 N–H and O–H groups in total. The van der Waals surface area contributed by atoms with Crippen molar-refractivity contribution in [3.05, 3.63) is 24.0 Å². The van der Waals surface area contributed by atoms with Crippen molar-refractivity contribution < 1.29 is 14.2 Å². The lowest BCUT2D eigenvalue weighted by atomic mass is 10.1. The number of rotatable bonds is 8. The Hall–Kier alpha value is -1.17. The highest BCUT2D eigenvalue weighted by molar-refractivity contribution is 5.25. The molecule has 0 radical (unpaired) electrons. The van der Waals surface area contributed by atoms with E-state index in [4.69, 9.17) is 14.2 Å². The summed E-state index contributed by atoms with van der Waals surface area (Å²) in [6.07, 6.45) is 3.49. The molecular formula is C12H20N2O3. The van der Waals surface area contributed by atoms with E-state index in [1.165, 1.54) is 0 Å². The smallest absolute Gasteiger partial charge is 0.137 e. The van der Waals surface area contributed by atoms with Gasteiger partial charge in [0.25, 0.3) is 0 Å². The summed E-state index contributed by atoms with van der Waals surface area (Å²) < 4.78 is 15.6. The number of methoxy groups -OCH3 is 2. The molecule has 1 atom stereocenters. The van der Waals surface area contributed by atoms with Crippen LogP contribution in [0.5, 0.6) is 5.75 Å². The highest BCUT2D eigenvalue weighted by atomic mass is 16.5. The molecule has 0 aliphatic rings. The van der Waals surface area contributed by atoms with Crippen LogP contribution in [-0.4, -0.2) is 46.1 Å². The molecule has 1 heterocycles. The molecule has 0 fully saturated rings. The van der Waals surface area contributed by atoms with Crippen molar-refractivity contribution >= 4 is 0 Å². The van der Waals surface area contributed by atoms with Crippen molar-refractivity contribution in [1.29, 1.82) is 0 Å². The van der Waals surface area contributed by atoms with Gasteiger partial charge in [-0.15, -0.1) is 0 Å². The molecule has 1 aromatic heterocycles. The van der Waals surface area contributed by atoms with Crippen LogP contribution in [-0.2, 0) is 9.47 Å². The van der Waals surface area contributed by atoms with Gasteiger partial charge >= 0.3 is 0 Å². The van der Waals surface area contributed by atoms with Crippen LogP contribution in [0.15, 0.2) is 18.5 Å². The molecular weight excluding hydrogens is 220 g/mol. The lowest BCUT2D eigenvalue weighted by Gasteiger charge is -2.16. The van der Waals surface area contributed by atoms with Gasteiger partial charge in [-0.1, -0.05) is 0 Å². The molecule has 1 unspecified atom stereocenters. The number of hydrogen-bond donors (Lipinski definition) is 1. The lowest BCUT2D eigenvalue weighted by Crippen LogP contribution is -2.22. The number of likely N-dealkylation sites (N-methyl/N-ethyl adjacent to an activating group) is 1. The number of nitrogens with one attached hydrogen (secondary N) is 1. The van der Waals surface area contributed by atoms with E-state index in [1.807, 2.05) is 19.3 Å². The Morgan fingerprint density at radius 2 is 2.12 bits per heavy atom. The second-order valence-corrected chi connectivity index (χ2v) is 3.57. The molecule has 17 heavy (non-hydrogen) atoms. The first-order valence-electron chi connectivity index (χ1n) is 5.54. The molecule has 0 saturated heterocycles. The fourth-order valence-electron chi connectivity index (χ4n) is 1.43. The van der Waals surface area contributed by atoms with Crippen LogP contribution in [0, 0.1) is 0 Å². The molecule has 0 amide bonds. The second kappa shape index (κ2) is 8.00. The Balaban J connectivity index is 2.53. The first-order chi connectivity index (χ1) is 8.31. The molecule has 0 bridgehead atoms. The molecule has 0 aliphatic heterocycles. The zero-order chi connectivity index (χ0) is 12.5. The van der Waals surface area contributed by atoms with Gasteiger partial charge in [0.1, 0.15) is 5.75 Å². The fraction of sp³-hybridized carbons (Fsp3) is 0.583. The quantitative estimate of drug-likeness (QED) is 0.687. The van der Waals surface area contributed by atoms with Crippen molar-refractivity contribution in [1.82, 2.24) is 10.3 Å². The minimum Gasteiger partial charge on any atom is -0.495 e. The minimum absolute atomic E-state index is 0.106. The van der Waals surface area contributed by atoms with Crippen LogP contribution < -0.4 is 10.1 Å². The Morgan fingerprint density at radius 3 is 2.76 bits per heavy atom. The zero-order valence-electron chi connectivity index (χ0n) is 10.6. The van der Waals surface area contributed by atoms with E-state index in [9.17, 15) is 0 Å². The number of nitrogens with zero attached hydrogens (tertiary/aromatic N) is 1. The Labute approximate surface area is 102 Å². The maximum Gasteiger partial charge on any atom is 0.137 e. The van der Waals surface area contributed by atoms with E-state index in [-0.39, 0.29) is 6.04 Å². The molecule has 5 heteroatoms. The third kappa shape index (κ3) is 4.68. The first-order valence-corrected chi connectivity index (χ1v) is 5.54. The van der Waals surface area contributed by atoms with Crippen molar-refractivity contribution in [3.8, 4) is 5.75 Å². The van der Waals surface area contributed by atoms with E-state index < -0.39 is 0 Å². The lowest BCUT2D eigenvalue weighted by molar-refractivity contribution is 0.0595. The molecule has 0 saturated carbocycles. The molecule has 1 rings (SSSR count). The largest absolute Gasteiger partial charge is 0.495 e. The molecule has 1 aromatic rings. The van der Waals surface area contributed by atoms with Gasteiger partial charge in [-0.25, -0.2) is 0 Å². The summed E-state index contributed by atoms with van der Waals surface area (Å²) in [5.41, 5.74) is 1.05. The predicted molar refractivity (Wildman–Crippen MR) is 65.3 cm³/mol. The highest BCUT2D eigenvalue weighted by Crippen LogP contribution is 2.17. The maximum atomic E-state index is 5.50. The summed E-state index contributed by atoms with van der Waals surface area (Å²) in [6, 6.07) is 2.06. The van der Waals surface area contributed by atoms with Crippen LogP contribution in [0.3, 0.4) is 0 Å². The SMILES string of the molecule is CNC(COCCOC)c1cncc(OC)c1. The highest BCUT2D eigenvalue weighted by Gasteiger charge is 2.10. The third-order valence-corrected chi connectivity index (χ3v) is 2.44. The second-order valence-electron chi connectivity index (χ2n) is 3.57. The number of ether oxygens (including phenoxy) is 3. The summed E-state index contributed by atoms with van der Waals surface area (Å²) in [7, 11) is 5.18. The van der Waals surface area contributed by atoms with Gasteiger partial charge in [-0.2, -0.15) is 0 Å². The molecule has 0 aromatic carbocycles. The zero-order valence-corrected chi connectivity index (χ0v) is 10.6. The van der Waals surface area contributed by atoms with Gasteiger partial charge in [-0.3, -0.25) is 4.98 Å². The van der Waals surface area contributed by atoms with Gasteiger partial charge in [-0.05, 0) is 18.7 Å².